The third kappa shape index (κ3) is 4.28. The lowest BCUT2D eigenvalue weighted by molar-refractivity contribution is -0.384. The Bertz CT molecular complexity index is 938. The van der Waals surface area contributed by atoms with Gasteiger partial charge in [0, 0.05) is 24.7 Å². The first-order valence-electron chi connectivity index (χ1n) is 8.01. The standard InChI is InChI=1S/C17H15F3N2O4S/c18-17(19,20)13-3-1-12(2-4-13)11-21(14-5-6-14)27(25,26)16-9-7-15(8-10-16)22(23)24/h1-4,7-10,14H,5-6,11H2. The number of benzene rings is 2. The molecule has 2 aromatic carbocycles. The van der Waals surface area contributed by atoms with E-state index in [1.807, 2.05) is 0 Å². The quantitative estimate of drug-likeness (QED) is 0.543. The van der Waals surface area contributed by atoms with Crippen LogP contribution in [-0.4, -0.2) is 23.7 Å². The average Bonchev–Trinajstić information content (AvgIpc) is 3.44. The van der Waals surface area contributed by atoms with E-state index < -0.39 is 26.7 Å². The summed E-state index contributed by atoms with van der Waals surface area (Å²) in [7, 11) is -3.93. The molecule has 1 fully saturated rings. The second-order valence-corrected chi connectivity index (χ2v) is 8.12. The van der Waals surface area contributed by atoms with Gasteiger partial charge in [-0.3, -0.25) is 10.1 Å². The topological polar surface area (TPSA) is 80.5 Å². The zero-order chi connectivity index (χ0) is 19.8. The molecule has 3 rings (SSSR count). The fourth-order valence-electron chi connectivity index (χ4n) is 2.63. The summed E-state index contributed by atoms with van der Waals surface area (Å²) in [6.45, 7) is -0.0673. The van der Waals surface area contributed by atoms with Gasteiger partial charge in [-0.05, 0) is 42.7 Å². The second kappa shape index (κ2) is 6.93. The summed E-state index contributed by atoms with van der Waals surface area (Å²) in [6, 6.07) is 8.65. The lowest BCUT2D eigenvalue weighted by Gasteiger charge is -2.22. The molecule has 1 aliphatic carbocycles. The van der Waals surface area contributed by atoms with E-state index in [0.29, 0.717) is 18.4 Å². The first-order valence-corrected chi connectivity index (χ1v) is 9.45. The number of nitrogens with zero attached hydrogens (tertiary/aromatic N) is 2. The molecule has 144 valence electrons. The van der Waals surface area contributed by atoms with E-state index in [1.165, 1.54) is 16.4 Å². The van der Waals surface area contributed by atoms with Gasteiger partial charge in [0.15, 0.2) is 0 Å². The number of hydrogen-bond acceptors (Lipinski definition) is 4. The number of non-ortho nitro benzene ring substituents is 1. The minimum atomic E-state index is -4.46. The maximum Gasteiger partial charge on any atom is 0.416 e. The maximum atomic E-state index is 12.9. The molecule has 1 aliphatic rings. The van der Waals surface area contributed by atoms with E-state index >= 15 is 0 Å². The van der Waals surface area contributed by atoms with Gasteiger partial charge in [-0.1, -0.05) is 12.1 Å². The van der Waals surface area contributed by atoms with Crippen LogP contribution in [-0.2, 0) is 22.7 Å². The van der Waals surface area contributed by atoms with Crippen molar-refractivity contribution >= 4 is 15.7 Å². The van der Waals surface area contributed by atoms with Crippen molar-refractivity contribution in [1.82, 2.24) is 4.31 Å². The van der Waals surface area contributed by atoms with Crippen LogP contribution in [0.3, 0.4) is 0 Å². The molecule has 0 unspecified atom stereocenters. The number of hydrogen-bond donors (Lipinski definition) is 0. The fraction of sp³-hybridized carbons (Fsp3) is 0.294. The summed E-state index contributed by atoms with van der Waals surface area (Å²) in [4.78, 5) is 10.0. The van der Waals surface area contributed by atoms with Crippen molar-refractivity contribution in [3.63, 3.8) is 0 Å². The predicted octanol–water partition coefficient (Wildman–Crippen LogP) is 3.97. The van der Waals surface area contributed by atoms with E-state index in [0.717, 1.165) is 36.4 Å². The zero-order valence-electron chi connectivity index (χ0n) is 13.9. The molecule has 0 saturated heterocycles. The Morgan fingerprint density at radius 3 is 2.04 bits per heavy atom. The smallest absolute Gasteiger partial charge is 0.258 e. The van der Waals surface area contributed by atoms with Gasteiger partial charge in [-0.25, -0.2) is 8.42 Å². The van der Waals surface area contributed by atoms with Gasteiger partial charge in [-0.2, -0.15) is 17.5 Å². The fourth-order valence-corrected chi connectivity index (χ4v) is 4.30. The second-order valence-electron chi connectivity index (χ2n) is 6.23. The van der Waals surface area contributed by atoms with Crippen molar-refractivity contribution in [2.75, 3.05) is 0 Å². The number of halogens is 3. The lowest BCUT2D eigenvalue weighted by Crippen LogP contribution is -2.32. The van der Waals surface area contributed by atoms with Crippen molar-refractivity contribution in [3.8, 4) is 0 Å². The van der Waals surface area contributed by atoms with Crippen molar-refractivity contribution in [1.29, 1.82) is 0 Å². The molecule has 0 heterocycles. The molecule has 27 heavy (non-hydrogen) atoms. The summed E-state index contributed by atoms with van der Waals surface area (Å²) in [6.07, 6.45) is -3.14. The largest absolute Gasteiger partial charge is 0.416 e. The van der Waals surface area contributed by atoms with Gasteiger partial charge in [0.05, 0.1) is 15.4 Å². The van der Waals surface area contributed by atoms with Crippen molar-refractivity contribution in [3.05, 3.63) is 69.8 Å². The summed E-state index contributed by atoms with van der Waals surface area (Å²) in [5.41, 5.74) is -0.600. The van der Waals surface area contributed by atoms with E-state index in [4.69, 9.17) is 0 Å². The van der Waals surface area contributed by atoms with Gasteiger partial charge in [-0.15, -0.1) is 0 Å². The predicted molar refractivity (Wildman–Crippen MR) is 90.3 cm³/mol. The molecule has 6 nitrogen and oxygen atoms in total. The highest BCUT2D eigenvalue weighted by Crippen LogP contribution is 2.35. The normalized spacial score (nSPS) is 15.1. The number of nitro benzene ring substituents is 1. The molecule has 0 aromatic heterocycles. The highest BCUT2D eigenvalue weighted by molar-refractivity contribution is 7.89. The van der Waals surface area contributed by atoms with E-state index in [1.54, 1.807) is 0 Å². The number of alkyl halides is 3. The molecule has 0 amide bonds. The summed E-state index contributed by atoms with van der Waals surface area (Å²) in [5, 5.41) is 10.7. The molecule has 2 aromatic rings. The Labute approximate surface area is 153 Å². The van der Waals surface area contributed by atoms with Gasteiger partial charge >= 0.3 is 6.18 Å². The van der Waals surface area contributed by atoms with Crippen molar-refractivity contribution in [2.24, 2.45) is 0 Å². The third-order valence-electron chi connectivity index (χ3n) is 4.23. The van der Waals surface area contributed by atoms with Crippen LogP contribution in [0.2, 0.25) is 0 Å². The highest BCUT2D eigenvalue weighted by atomic mass is 32.2. The van der Waals surface area contributed by atoms with E-state index in [-0.39, 0.29) is 23.2 Å². The van der Waals surface area contributed by atoms with Crippen LogP contribution in [0, 0.1) is 10.1 Å². The minimum absolute atomic E-state index is 0.0673. The Morgan fingerprint density at radius 2 is 1.59 bits per heavy atom. The Kier molecular flexibility index (Phi) is 4.96. The molecule has 1 saturated carbocycles. The van der Waals surface area contributed by atoms with E-state index in [2.05, 4.69) is 0 Å². The van der Waals surface area contributed by atoms with Crippen LogP contribution >= 0.6 is 0 Å². The maximum absolute atomic E-state index is 12.9. The monoisotopic (exact) mass is 400 g/mol. The Morgan fingerprint density at radius 1 is 1.04 bits per heavy atom. The van der Waals surface area contributed by atoms with Crippen LogP contribution in [0.4, 0.5) is 18.9 Å². The lowest BCUT2D eigenvalue weighted by atomic mass is 10.1. The molecule has 0 bridgehead atoms. The molecule has 0 N–H and O–H groups in total. The van der Waals surface area contributed by atoms with Crippen LogP contribution < -0.4 is 0 Å². The number of sulfonamides is 1. The molecule has 0 atom stereocenters. The van der Waals surface area contributed by atoms with Crippen LogP contribution in [0.1, 0.15) is 24.0 Å². The summed E-state index contributed by atoms with van der Waals surface area (Å²) in [5.74, 6) is 0. The number of nitro groups is 1. The molecule has 0 radical (unpaired) electrons. The molecule has 10 heteroatoms. The number of rotatable bonds is 6. The summed E-state index contributed by atoms with van der Waals surface area (Å²) >= 11 is 0. The Balaban J connectivity index is 1.85. The first-order chi connectivity index (χ1) is 12.6. The van der Waals surface area contributed by atoms with Crippen LogP contribution in [0.5, 0.6) is 0 Å². The first kappa shape index (κ1) is 19.3. The van der Waals surface area contributed by atoms with Gasteiger partial charge in [0.1, 0.15) is 0 Å². The van der Waals surface area contributed by atoms with Crippen molar-refractivity contribution in [2.45, 2.75) is 36.5 Å². The summed E-state index contributed by atoms with van der Waals surface area (Å²) < 4.78 is 65.0. The van der Waals surface area contributed by atoms with Gasteiger partial charge in [0.25, 0.3) is 5.69 Å². The highest BCUT2D eigenvalue weighted by Gasteiger charge is 2.38. The zero-order valence-corrected chi connectivity index (χ0v) is 14.7. The van der Waals surface area contributed by atoms with Crippen LogP contribution in [0.15, 0.2) is 53.4 Å². The SMILES string of the molecule is O=[N+]([O-])c1ccc(S(=O)(=O)N(Cc2ccc(C(F)(F)F)cc2)C2CC2)cc1. The molecular formula is C17H15F3N2O4S. The average molecular weight is 400 g/mol. The Hall–Kier alpha value is -2.46. The van der Waals surface area contributed by atoms with E-state index in [9.17, 15) is 31.7 Å². The van der Waals surface area contributed by atoms with Gasteiger partial charge < -0.3 is 0 Å². The third-order valence-corrected chi connectivity index (χ3v) is 6.14. The van der Waals surface area contributed by atoms with Gasteiger partial charge in [0.2, 0.25) is 10.0 Å². The minimum Gasteiger partial charge on any atom is -0.258 e. The molecule has 0 spiro atoms. The molecule has 0 aliphatic heterocycles. The van der Waals surface area contributed by atoms with Crippen LogP contribution in [0.25, 0.3) is 0 Å². The molecular weight excluding hydrogens is 385 g/mol. The van der Waals surface area contributed by atoms with Crippen molar-refractivity contribution < 1.29 is 26.5 Å².